The van der Waals surface area contributed by atoms with Gasteiger partial charge >= 0.3 is 11.9 Å². The highest BCUT2D eigenvalue weighted by Crippen LogP contribution is 2.34. The number of H-pyrrole nitrogens is 1. The monoisotopic (exact) mass is 438 g/mol. The first-order valence-corrected chi connectivity index (χ1v) is 10.2. The van der Waals surface area contributed by atoms with E-state index in [0.717, 1.165) is 16.7 Å². The van der Waals surface area contributed by atoms with E-state index in [-0.39, 0.29) is 16.9 Å². The average molecular weight is 438 g/mol. The van der Waals surface area contributed by atoms with E-state index in [1.54, 1.807) is 31.2 Å². The zero-order valence-corrected chi connectivity index (χ0v) is 17.5. The molecule has 0 aliphatic heterocycles. The zero-order valence-electron chi connectivity index (χ0n) is 17.5. The summed E-state index contributed by atoms with van der Waals surface area (Å²) in [7, 11) is 0. The lowest BCUT2D eigenvalue weighted by atomic mass is 9.98. The molecular formula is C26H18N2O5. The van der Waals surface area contributed by atoms with Crippen molar-refractivity contribution in [2.75, 3.05) is 0 Å². The number of carboxylic acid groups (broad SMARTS) is 2. The number of rotatable bonds is 4. The van der Waals surface area contributed by atoms with Crippen molar-refractivity contribution in [3.8, 4) is 28.3 Å². The molecule has 1 aromatic heterocycles. The number of aromatic nitrogens is 2. The predicted octanol–water partition coefficient (Wildman–Crippen LogP) is 5.46. The second-order valence-electron chi connectivity index (χ2n) is 7.86. The highest BCUT2D eigenvalue weighted by atomic mass is 16.4. The number of nitrogens with zero attached hydrogens (tertiary/aromatic N) is 1. The minimum atomic E-state index is -1.11. The van der Waals surface area contributed by atoms with E-state index in [4.69, 9.17) is 4.98 Å². The second kappa shape index (κ2) is 7.49. The molecule has 7 heteroatoms. The Morgan fingerprint density at radius 2 is 1.61 bits per heavy atom. The number of benzene rings is 4. The van der Waals surface area contributed by atoms with Crippen molar-refractivity contribution in [3.05, 3.63) is 83.4 Å². The number of imidazole rings is 1. The molecule has 4 aromatic carbocycles. The number of phenolic OH excluding ortho intramolecular Hbond substituents is 1. The molecule has 0 atom stereocenters. The molecule has 0 bridgehead atoms. The van der Waals surface area contributed by atoms with Gasteiger partial charge in [0, 0.05) is 5.56 Å². The number of aromatic carboxylic acids is 2. The molecule has 1 heterocycles. The summed E-state index contributed by atoms with van der Waals surface area (Å²) in [6, 6.07) is 19.2. The minimum absolute atomic E-state index is 0.00650. The molecule has 0 aliphatic carbocycles. The maximum atomic E-state index is 11.3. The topological polar surface area (TPSA) is 124 Å². The number of nitrogens with one attached hydrogen (secondary N) is 1. The van der Waals surface area contributed by atoms with Gasteiger partial charge in [0.05, 0.1) is 22.0 Å². The lowest BCUT2D eigenvalue weighted by molar-refractivity contribution is 0.0685. The molecule has 0 radical (unpaired) electrons. The van der Waals surface area contributed by atoms with Crippen LogP contribution in [0, 0.1) is 6.92 Å². The third-order valence-electron chi connectivity index (χ3n) is 5.72. The summed E-state index contributed by atoms with van der Waals surface area (Å²) in [5, 5.41) is 30.1. The van der Waals surface area contributed by atoms with Gasteiger partial charge in [0.25, 0.3) is 0 Å². The van der Waals surface area contributed by atoms with Crippen molar-refractivity contribution in [1.82, 2.24) is 9.97 Å². The molecule has 0 saturated carbocycles. The number of fused-ring (bicyclic) bond motifs is 3. The van der Waals surface area contributed by atoms with Crippen LogP contribution in [0.15, 0.2) is 66.7 Å². The number of aromatic hydroxyl groups is 1. The molecule has 5 rings (SSSR count). The van der Waals surface area contributed by atoms with E-state index in [1.807, 2.05) is 30.3 Å². The normalized spacial score (nSPS) is 11.2. The molecule has 33 heavy (non-hydrogen) atoms. The van der Waals surface area contributed by atoms with Crippen LogP contribution in [-0.2, 0) is 0 Å². The summed E-state index contributed by atoms with van der Waals surface area (Å²) < 4.78 is 0. The third kappa shape index (κ3) is 3.45. The van der Waals surface area contributed by atoms with Crippen molar-refractivity contribution in [3.63, 3.8) is 0 Å². The molecule has 0 saturated heterocycles. The Kier molecular flexibility index (Phi) is 4.60. The van der Waals surface area contributed by atoms with Gasteiger partial charge in [-0.1, -0.05) is 36.4 Å². The molecule has 0 unspecified atom stereocenters. The van der Waals surface area contributed by atoms with Gasteiger partial charge in [-0.05, 0) is 59.3 Å². The van der Waals surface area contributed by atoms with Crippen LogP contribution >= 0.6 is 0 Å². The number of phenols is 1. The number of carbonyl (C=O) groups is 2. The van der Waals surface area contributed by atoms with Gasteiger partial charge in [-0.3, -0.25) is 0 Å². The Hall–Kier alpha value is -4.65. The second-order valence-corrected chi connectivity index (χ2v) is 7.86. The van der Waals surface area contributed by atoms with Gasteiger partial charge in [-0.25, -0.2) is 14.6 Å². The molecule has 4 N–H and O–H groups in total. The molecular weight excluding hydrogens is 420 g/mol. The van der Waals surface area contributed by atoms with Crippen molar-refractivity contribution < 1.29 is 24.9 Å². The Morgan fingerprint density at radius 1 is 0.848 bits per heavy atom. The highest BCUT2D eigenvalue weighted by Gasteiger charge is 2.15. The summed E-state index contributed by atoms with van der Waals surface area (Å²) in [5.41, 5.74) is 4.82. The molecule has 0 aliphatic rings. The van der Waals surface area contributed by atoms with Crippen LogP contribution in [-0.4, -0.2) is 37.2 Å². The van der Waals surface area contributed by atoms with Gasteiger partial charge in [0.15, 0.2) is 0 Å². The largest absolute Gasteiger partial charge is 0.507 e. The number of hydrogen-bond acceptors (Lipinski definition) is 4. The van der Waals surface area contributed by atoms with Crippen LogP contribution in [0.5, 0.6) is 5.75 Å². The SMILES string of the molecule is Cc1cc(-c2cccc(-c3nc4c(ccc5cc(C(=O)O)cc(O)c54)[nH]3)c2)ccc1C(=O)O. The van der Waals surface area contributed by atoms with Crippen LogP contribution < -0.4 is 0 Å². The first-order valence-electron chi connectivity index (χ1n) is 10.2. The Morgan fingerprint density at radius 3 is 2.33 bits per heavy atom. The van der Waals surface area contributed by atoms with Gasteiger partial charge in [-0.2, -0.15) is 0 Å². The number of carboxylic acids is 2. The summed E-state index contributed by atoms with van der Waals surface area (Å²) in [6.45, 7) is 1.77. The highest BCUT2D eigenvalue weighted by molar-refractivity contribution is 6.10. The average Bonchev–Trinajstić information content (AvgIpc) is 3.23. The van der Waals surface area contributed by atoms with Crippen LogP contribution in [0.1, 0.15) is 26.3 Å². The summed E-state index contributed by atoms with van der Waals surface area (Å²) in [6.07, 6.45) is 0. The lowest BCUT2D eigenvalue weighted by Gasteiger charge is -2.07. The van der Waals surface area contributed by atoms with E-state index >= 15 is 0 Å². The summed E-state index contributed by atoms with van der Waals surface area (Å²) in [5.74, 6) is -1.62. The van der Waals surface area contributed by atoms with Gasteiger partial charge in [0.1, 0.15) is 17.1 Å². The first-order chi connectivity index (χ1) is 15.8. The Balaban J connectivity index is 1.61. The molecule has 0 amide bonds. The standard InChI is InChI=1S/C26H18N2O5/c1-13-9-15(5-7-19(13)26(32)33)14-3-2-4-17(10-14)24-27-20-8-6-16-11-18(25(30)31)12-21(29)22(16)23(20)28-24/h2-12,29H,1H3,(H,27,28)(H,30,31)(H,32,33). The summed E-state index contributed by atoms with van der Waals surface area (Å²) >= 11 is 0. The van der Waals surface area contributed by atoms with E-state index in [9.17, 15) is 24.9 Å². The van der Waals surface area contributed by atoms with E-state index in [0.29, 0.717) is 33.2 Å². The maximum Gasteiger partial charge on any atom is 0.335 e. The van der Waals surface area contributed by atoms with E-state index in [2.05, 4.69) is 4.98 Å². The van der Waals surface area contributed by atoms with E-state index < -0.39 is 11.9 Å². The van der Waals surface area contributed by atoms with Gasteiger partial charge in [-0.15, -0.1) is 0 Å². The van der Waals surface area contributed by atoms with Crippen molar-refractivity contribution in [1.29, 1.82) is 0 Å². The molecule has 7 nitrogen and oxygen atoms in total. The van der Waals surface area contributed by atoms with Crippen LogP contribution in [0.3, 0.4) is 0 Å². The lowest BCUT2D eigenvalue weighted by Crippen LogP contribution is -1.99. The quantitative estimate of drug-likeness (QED) is 0.295. The number of aryl methyl sites for hydroxylation is 1. The zero-order chi connectivity index (χ0) is 23.3. The number of aromatic amines is 1. The van der Waals surface area contributed by atoms with Crippen LogP contribution in [0.25, 0.3) is 44.3 Å². The van der Waals surface area contributed by atoms with Gasteiger partial charge in [0.2, 0.25) is 0 Å². The van der Waals surface area contributed by atoms with Crippen molar-refractivity contribution in [2.45, 2.75) is 6.92 Å². The van der Waals surface area contributed by atoms with Gasteiger partial charge < -0.3 is 20.3 Å². The molecule has 0 fully saturated rings. The maximum absolute atomic E-state index is 11.3. The van der Waals surface area contributed by atoms with E-state index in [1.165, 1.54) is 12.1 Å². The Labute approximate surface area is 187 Å². The van der Waals surface area contributed by atoms with Crippen molar-refractivity contribution in [2.24, 2.45) is 0 Å². The number of hydrogen-bond donors (Lipinski definition) is 4. The van der Waals surface area contributed by atoms with Crippen molar-refractivity contribution >= 4 is 33.7 Å². The minimum Gasteiger partial charge on any atom is -0.507 e. The fraction of sp³-hybridized carbons (Fsp3) is 0.0385. The predicted molar refractivity (Wildman–Crippen MR) is 125 cm³/mol. The third-order valence-corrected chi connectivity index (χ3v) is 5.72. The van der Waals surface area contributed by atoms with Crippen LogP contribution in [0.4, 0.5) is 0 Å². The fourth-order valence-electron chi connectivity index (χ4n) is 4.10. The first kappa shape index (κ1) is 20.3. The molecule has 0 spiro atoms. The Bertz CT molecular complexity index is 1600. The molecule has 5 aromatic rings. The smallest absolute Gasteiger partial charge is 0.335 e. The molecule has 162 valence electrons. The summed E-state index contributed by atoms with van der Waals surface area (Å²) in [4.78, 5) is 30.6. The fourth-order valence-corrected chi connectivity index (χ4v) is 4.10. The van der Waals surface area contributed by atoms with Crippen LogP contribution in [0.2, 0.25) is 0 Å².